The Bertz CT molecular complexity index is 42.8. The zero-order valence-electron chi connectivity index (χ0n) is 13.7. The fraction of sp³-hybridized carbons (Fsp3) is 0.867. The zero-order chi connectivity index (χ0) is 14.3. The van der Waals surface area contributed by atoms with Gasteiger partial charge in [-0.05, 0) is 12.8 Å². The molecular formula is C15H38. The first-order valence-electron chi connectivity index (χ1n) is 6.52. The van der Waals surface area contributed by atoms with Crippen molar-refractivity contribution in [2.75, 3.05) is 0 Å². The Morgan fingerprint density at radius 3 is 0.667 bits per heavy atom. The molecule has 0 amide bonds. The van der Waals surface area contributed by atoms with E-state index >= 15 is 0 Å². The molecule has 0 rings (SSSR count). The average molecular weight is 218 g/mol. The lowest BCUT2D eigenvalue weighted by molar-refractivity contribution is 0.737. The number of hydrogen-bond acceptors (Lipinski definition) is 0. The molecule has 0 fully saturated rings. The molecule has 0 N–H and O–H groups in total. The van der Waals surface area contributed by atoms with Crippen molar-refractivity contribution >= 4 is 0 Å². The molecule has 0 heterocycles. The van der Waals surface area contributed by atoms with Gasteiger partial charge < -0.3 is 0 Å². The van der Waals surface area contributed by atoms with E-state index in [-0.39, 0.29) is 0 Å². The van der Waals surface area contributed by atoms with Crippen molar-refractivity contribution < 1.29 is 0 Å². The van der Waals surface area contributed by atoms with Crippen molar-refractivity contribution in [3.63, 3.8) is 0 Å². The molecule has 0 aromatic carbocycles. The van der Waals surface area contributed by atoms with Crippen molar-refractivity contribution in [1.29, 1.82) is 0 Å². The first-order chi connectivity index (χ1) is 7.15. The van der Waals surface area contributed by atoms with E-state index in [0.717, 1.165) is 5.92 Å². The summed E-state index contributed by atoms with van der Waals surface area (Å²) in [5.41, 5.74) is 0. The highest BCUT2D eigenvalue weighted by atomic mass is 13.7. The van der Waals surface area contributed by atoms with Crippen molar-refractivity contribution in [2.45, 2.75) is 83.1 Å². The van der Waals surface area contributed by atoms with Gasteiger partial charge in [0.1, 0.15) is 0 Å². The third-order valence-electron chi connectivity index (χ3n) is 0. The maximum Gasteiger partial charge on any atom is -0.00297 e. The summed E-state index contributed by atoms with van der Waals surface area (Å²) in [7, 11) is 0. The summed E-state index contributed by atoms with van der Waals surface area (Å²) in [5.74, 6) is 3.08. The van der Waals surface area contributed by atoms with Crippen molar-refractivity contribution in [2.24, 2.45) is 5.92 Å². The van der Waals surface area contributed by atoms with Crippen LogP contribution in [-0.2, 0) is 0 Å². The lowest BCUT2D eigenvalue weighted by Crippen LogP contribution is -1.66. The van der Waals surface area contributed by atoms with Gasteiger partial charge in [-0.25, -0.2) is 0 Å². The van der Waals surface area contributed by atoms with Gasteiger partial charge in [0.15, 0.2) is 0 Å². The van der Waals surface area contributed by atoms with Gasteiger partial charge in [0, 0.05) is 0 Å². The van der Waals surface area contributed by atoms with Crippen LogP contribution < -0.4 is 0 Å². The van der Waals surface area contributed by atoms with E-state index in [0.29, 0.717) is 0 Å². The lowest BCUT2D eigenvalue weighted by atomic mass is 10.3. The molecule has 0 aromatic rings. The number of hydrogen-bond donors (Lipinski definition) is 0. The maximum absolute atomic E-state index is 4.60. The fourth-order valence-corrected chi connectivity index (χ4v) is 0. The maximum atomic E-state index is 4.60. The summed E-state index contributed by atoms with van der Waals surface area (Å²) in [5, 5.41) is 0. The smallest absolute Gasteiger partial charge is 0.00297 e. The quantitative estimate of drug-likeness (QED) is 0.412. The molecule has 0 saturated heterocycles. The Kier molecular flexibility index (Phi) is 411. The molecule has 0 bridgehead atoms. The van der Waals surface area contributed by atoms with Gasteiger partial charge in [0.2, 0.25) is 0 Å². The molecular weight excluding hydrogens is 180 g/mol. The Morgan fingerprint density at radius 2 is 0.667 bits per heavy atom. The SMILES string of the molecule is C#CC.CC.CC.CC.CC.CC(C)C. The molecule has 0 heteroatoms. The van der Waals surface area contributed by atoms with E-state index in [1.54, 1.807) is 6.92 Å². The van der Waals surface area contributed by atoms with Crippen molar-refractivity contribution in [3.05, 3.63) is 0 Å². The standard InChI is InChI=1S/C4H10.C3H4.4C2H6/c1-4(2)3;1-3-2;4*1-2/h4H,1-3H3;1H,2H3;4*1-2H3. The van der Waals surface area contributed by atoms with Gasteiger partial charge in [-0.3, -0.25) is 0 Å². The Morgan fingerprint density at radius 1 is 0.667 bits per heavy atom. The van der Waals surface area contributed by atoms with Gasteiger partial charge in [-0.2, -0.15) is 0 Å². The van der Waals surface area contributed by atoms with Crippen molar-refractivity contribution in [3.8, 4) is 12.3 Å². The zero-order valence-corrected chi connectivity index (χ0v) is 13.7. The predicted molar refractivity (Wildman–Crippen MR) is 80.4 cm³/mol. The van der Waals surface area contributed by atoms with Gasteiger partial charge >= 0.3 is 0 Å². The topological polar surface area (TPSA) is 0 Å². The Balaban J connectivity index is -0.0000000168. The summed E-state index contributed by atoms with van der Waals surface area (Å²) in [6, 6.07) is 0. The molecule has 15 heavy (non-hydrogen) atoms. The molecule has 0 unspecified atom stereocenters. The molecule has 0 saturated carbocycles. The molecule has 0 atom stereocenters. The van der Waals surface area contributed by atoms with Crippen LogP contribution in [0.3, 0.4) is 0 Å². The van der Waals surface area contributed by atoms with Crippen LogP contribution in [0.2, 0.25) is 0 Å². The summed E-state index contributed by atoms with van der Waals surface area (Å²) < 4.78 is 0. The normalized spacial score (nSPS) is 4.53. The van der Waals surface area contributed by atoms with Crippen LogP contribution in [0, 0.1) is 18.3 Å². The minimum atomic E-state index is 0.833. The fourth-order valence-electron chi connectivity index (χ4n) is 0. The van der Waals surface area contributed by atoms with Gasteiger partial charge in [0.05, 0.1) is 0 Å². The molecule has 0 aliphatic carbocycles. The summed E-state index contributed by atoms with van der Waals surface area (Å²) in [4.78, 5) is 0. The second-order valence-electron chi connectivity index (χ2n) is 2.02. The Labute approximate surface area is 102 Å². The second-order valence-corrected chi connectivity index (χ2v) is 2.02. The molecule has 0 aliphatic heterocycles. The largest absolute Gasteiger partial charge is 0.120 e. The number of rotatable bonds is 0. The Hall–Kier alpha value is -0.440. The predicted octanol–water partition coefficient (Wildman–Crippen LogP) is 6.41. The van der Waals surface area contributed by atoms with Gasteiger partial charge in [-0.15, -0.1) is 12.3 Å². The van der Waals surface area contributed by atoms with E-state index in [1.165, 1.54) is 0 Å². The molecule has 0 spiro atoms. The third kappa shape index (κ3) is 9360. The van der Waals surface area contributed by atoms with Crippen LogP contribution in [0.1, 0.15) is 83.1 Å². The minimum Gasteiger partial charge on any atom is -0.120 e. The first kappa shape index (κ1) is 36.5. The monoisotopic (exact) mass is 218 g/mol. The first-order valence-corrected chi connectivity index (χ1v) is 6.52. The molecule has 98 valence electrons. The van der Waals surface area contributed by atoms with E-state index in [1.807, 2.05) is 55.4 Å². The van der Waals surface area contributed by atoms with Crippen LogP contribution in [0.5, 0.6) is 0 Å². The van der Waals surface area contributed by atoms with Crippen LogP contribution in [0.4, 0.5) is 0 Å². The highest BCUT2D eigenvalue weighted by Crippen LogP contribution is 1.81. The third-order valence-corrected chi connectivity index (χ3v) is 0. The van der Waals surface area contributed by atoms with Crippen LogP contribution in [0.15, 0.2) is 0 Å². The highest BCUT2D eigenvalue weighted by Gasteiger charge is 1.68. The number of terminal acetylenes is 1. The van der Waals surface area contributed by atoms with Crippen molar-refractivity contribution in [1.82, 2.24) is 0 Å². The summed E-state index contributed by atoms with van der Waals surface area (Å²) in [6.45, 7) is 24.2. The second kappa shape index (κ2) is 169. The molecule has 0 radical (unpaired) electrons. The van der Waals surface area contributed by atoms with E-state index in [2.05, 4.69) is 33.1 Å². The molecule has 0 aromatic heterocycles. The van der Waals surface area contributed by atoms with Crippen LogP contribution >= 0.6 is 0 Å². The average Bonchev–Trinajstić information content (AvgIpc) is 2.29. The van der Waals surface area contributed by atoms with Gasteiger partial charge in [-0.1, -0.05) is 76.2 Å². The van der Waals surface area contributed by atoms with E-state index in [9.17, 15) is 0 Å². The highest BCUT2D eigenvalue weighted by molar-refractivity contribution is 4.73. The summed E-state index contributed by atoms with van der Waals surface area (Å²) in [6.07, 6.45) is 4.60. The van der Waals surface area contributed by atoms with E-state index < -0.39 is 0 Å². The summed E-state index contributed by atoms with van der Waals surface area (Å²) >= 11 is 0. The molecule has 0 nitrogen and oxygen atoms in total. The van der Waals surface area contributed by atoms with Gasteiger partial charge in [0.25, 0.3) is 0 Å². The van der Waals surface area contributed by atoms with Crippen LogP contribution in [0.25, 0.3) is 0 Å². The molecule has 0 aliphatic rings. The lowest BCUT2D eigenvalue weighted by Gasteiger charge is -1.79. The minimum absolute atomic E-state index is 0.833. The van der Waals surface area contributed by atoms with E-state index in [4.69, 9.17) is 0 Å². The van der Waals surface area contributed by atoms with Crippen LogP contribution in [-0.4, -0.2) is 0 Å².